The lowest BCUT2D eigenvalue weighted by molar-refractivity contribution is 0.378. The van der Waals surface area contributed by atoms with Gasteiger partial charge in [0.2, 0.25) is 5.95 Å². The van der Waals surface area contributed by atoms with Gasteiger partial charge in [-0.1, -0.05) is 20.8 Å². The van der Waals surface area contributed by atoms with E-state index in [0.29, 0.717) is 23.2 Å². The Morgan fingerprint density at radius 2 is 2.26 bits per heavy atom. The number of aromatic nitrogens is 2. The minimum absolute atomic E-state index is 0.304. The first-order valence-corrected chi connectivity index (χ1v) is 7.03. The topological polar surface area (TPSA) is 49.8 Å². The van der Waals surface area contributed by atoms with Gasteiger partial charge in [0.25, 0.3) is 0 Å². The van der Waals surface area contributed by atoms with Crippen molar-refractivity contribution in [3.05, 3.63) is 12.0 Å². The lowest BCUT2D eigenvalue weighted by Crippen LogP contribution is -2.20. The largest absolute Gasteiger partial charge is 0.365 e. The molecular formula is C14H23FN4. The summed E-state index contributed by atoms with van der Waals surface area (Å²) in [4.78, 5) is 8.16. The molecule has 0 aliphatic heterocycles. The molecule has 1 heterocycles. The average Bonchev–Trinajstić information content (AvgIpc) is 2.70. The Morgan fingerprint density at radius 1 is 1.47 bits per heavy atom. The predicted molar refractivity (Wildman–Crippen MR) is 75.8 cm³/mol. The van der Waals surface area contributed by atoms with Gasteiger partial charge in [-0.05, 0) is 31.1 Å². The Labute approximate surface area is 114 Å². The number of nitrogens with zero attached hydrogens (tertiary/aromatic N) is 2. The summed E-state index contributed by atoms with van der Waals surface area (Å²) in [5.74, 6) is 0.422. The summed E-state index contributed by atoms with van der Waals surface area (Å²) in [6, 6.07) is 0.304. The van der Waals surface area contributed by atoms with Crippen LogP contribution < -0.4 is 10.6 Å². The third-order valence-electron chi connectivity index (χ3n) is 3.59. The second-order valence-electron chi connectivity index (χ2n) is 6.07. The van der Waals surface area contributed by atoms with Crippen LogP contribution in [0.2, 0.25) is 0 Å². The molecule has 0 amide bonds. The molecule has 0 saturated heterocycles. The van der Waals surface area contributed by atoms with Crippen molar-refractivity contribution >= 4 is 11.8 Å². The molecule has 0 bridgehead atoms. The van der Waals surface area contributed by atoms with Crippen LogP contribution in [-0.2, 0) is 0 Å². The monoisotopic (exact) mass is 266 g/mol. The van der Waals surface area contributed by atoms with Crippen molar-refractivity contribution in [1.82, 2.24) is 9.97 Å². The molecular weight excluding hydrogens is 243 g/mol. The summed E-state index contributed by atoms with van der Waals surface area (Å²) in [5, 5.41) is 6.29. The molecule has 1 aliphatic rings. The van der Waals surface area contributed by atoms with E-state index in [0.717, 1.165) is 32.2 Å². The minimum Gasteiger partial charge on any atom is -0.365 e. The van der Waals surface area contributed by atoms with E-state index in [1.54, 1.807) is 0 Å². The summed E-state index contributed by atoms with van der Waals surface area (Å²) in [6.07, 6.45) is 5.49. The van der Waals surface area contributed by atoms with Crippen LogP contribution >= 0.6 is 0 Å². The Balaban J connectivity index is 2.03. The SMILES string of the molecule is CCCNc1ncc(F)c(NC2CCC(C)(C)C2)n1. The third-order valence-corrected chi connectivity index (χ3v) is 3.59. The van der Waals surface area contributed by atoms with Gasteiger partial charge >= 0.3 is 0 Å². The van der Waals surface area contributed by atoms with E-state index in [1.165, 1.54) is 6.20 Å². The van der Waals surface area contributed by atoms with Gasteiger partial charge in [0.15, 0.2) is 11.6 Å². The fourth-order valence-electron chi connectivity index (χ4n) is 2.54. The van der Waals surface area contributed by atoms with Crippen molar-refractivity contribution in [2.75, 3.05) is 17.2 Å². The van der Waals surface area contributed by atoms with Gasteiger partial charge in [-0.2, -0.15) is 4.98 Å². The summed E-state index contributed by atoms with van der Waals surface area (Å²) >= 11 is 0. The third kappa shape index (κ3) is 3.78. The molecule has 1 atom stereocenters. The first-order chi connectivity index (χ1) is 9.00. The Kier molecular flexibility index (Phi) is 4.22. The zero-order valence-corrected chi connectivity index (χ0v) is 12.0. The smallest absolute Gasteiger partial charge is 0.224 e. The lowest BCUT2D eigenvalue weighted by Gasteiger charge is -2.18. The molecule has 2 N–H and O–H groups in total. The highest BCUT2D eigenvalue weighted by Crippen LogP contribution is 2.38. The standard InChI is InChI=1S/C14H23FN4/c1-4-7-16-13-17-9-11(15)12(19-13)18-10-5-6-14(2,3)8-10/h9-10H,4-8H2,1-3H3,(H2,16,17,18,19). The van der Waals surface area contributed by atoms with Crippen LogP contribution in [0.3, 0.4) is 0 Å². The summed E-state index contributed by atoms with van der Waals surface area (Å²) in [5.41, 5.74) is 0.338. The van der Waals surface area contributed by atoms with Gasteiger partial charge in [0.1, 0.15) is 0 Å². The van der Waals surface area contributed by atoms with Gasteiger partial charge in [-0.25, -0.2) is 9.37 Å². The number of nitrogens with one attached hydrogen (secondary N) is 2. The summed E-state index contributed by atoms with van der Waals surface area (Å²) in [7, 11) is 0. The molecule has 106 valence electrons. The lowest BCUT2D eigenvalue weighted by atomic mass is 9.92. The van der Waals surface area contributed by atoms with Crippen LogP contribution in [0.4, 0.5) is 16.2 Å². The zero-order valence-electron chi connectivity index (χ0n) is 12.0. The molecule has 2 rings (SSSR count). The predicted octanol–water partition coefficient (Wildman–Crippen LogP) is 3.43. The maximum atomic E-state index is 13.7. The van der Waals surface area contributed by atoms with E-state index < -0.39 is 0 Å². The van der Waals surface area contributed by atoms with Gasteiger partial charge in [0, 0.05) is 12.6 Å². The van der Waals surface area contributed by atoms with Gasteiger partial charge in [-0.15, -0.1) is 0 Å². The van der Waals surface area contributed by atoms with Crippen molar-refractivity contribution in [2.45, 2.75) is 52.5 Å². The number of anilines is 2. The van der Waals surface area contributed by atoms with Crippen LogP contribution in [0.1, 0.15) is 46.5 Å². The molecule has 0 spiro atoms. The summed E-state index contributed by atoms with van der Waals surface area (Å²) in [6.45, 7) is 7.36. The van der Waals surface area contributed by atoms with Gasteiger partial charge in [0.05, 0.1) is 6.20 Å². The zero-order chi connectivity index (χ0) is 13.9. The molecule has 19 heavy (non-hydrogen) atoms. The molecule has 1 fully saturated rings. The fourth-order valence-corrected chi connectivity index (χ4v) is 2.54. The van der Waals surface area contributed by atoms with Crippen LogP contribution in [0.5, 0.6) is 0 Å². The maximum absolute atomic E-state index is 13.7. The van der Waals surface area contributed by atoms with Crippen LogP contribution in [-0.4, -0.2) is 22.6 Å². The molecule has 1 aromatic rings. The number of hydrogen-bond acceptors (Lipinski definition) is 4. The number of rotatable bonds is 5. The minimum atomic E-state index is -0.383. The molecule has 4 nitrogen and oxygen atoms in total. The molecule has 1 aromatic heterocycles. The maximum Gasteiger partial charge on any atom is 0.224 e. The first-order valence-electron chi connectivity index (χ1n) is 7.03. The second-order valence-corrected chi connectivity index (χ2v) is 6.07. The van der Waals surface area contributed by atoms with E-state index in [1.807, 2.05) is 0 Å². The van der Waals surface area contributed by atoms with E-state index in [4.69, 9.17) is 0 Å². The van der Waals surface area contributed by atoms with Gasteiger partial charge < -0.3 is 10.6 Å². The molecule has 1 aliphatic carbocycles. The highest BCUT2D eigenvalue weighted by molar-refractivity contribution is 5.42. The van der Waals surface area contributed by atoms with Gasteiger partial charge in [-0.3, -0.25) is 0 Å². The second kappa shape index (κ2) is 5.72. The van der Waals surface area contributed by atoms with Crippen molar-refractivity contribution < 1.29 is 4.39 Å². The number of halogens is 1. The van der Waals surface area contributed by atoms with E-state index in [2.05, 4.69) is 41.4 Å². The van der Waals surface area contributed by atoms with Crippen molar-refractivity contribution in [2.24, 2.45) is 5.41 Å². The van der Waals surface area contributed by atoms with Crippen LogP contribution in [0.15, 0.2) is 6.20 Å². The molecule has 0 radical (unpaired) electrons. The first kappa shape index (κ1) is 14.0. The summed E-state index contributed by atoms with van der Waals surface area (Å²) < 4.78 is 13.7. The van der Waals surface area contributed by atoms with E-state index >= 15 is 0 Å². The Hall–Kier alpha value is -1.39. The Morgan fingerprint density at radius 3 is 2.89 bits per heavy atom. The highest BCUT2D eigenvalue weighted by atomic mass is 19.1. The quantitative estimate of drug-likeness (QED) is 0.857. The Bertz CT molecular complexity index is 433. The molecule has 1 saturated carbocycles. The number of hydrogen-bond donors (Lipinski definition) is 2. The van der Waals surface area contributed by atoms with Crippen LogP contribution in [0.25, 0.3) is 0 Å². The van der Waals surface area contributed by atoms with E-state index in [9.17, 15) is 4.39 Å². The molecule has 5 heteroatoms. The van der Waals surface area contributed by atoms with E-state index in [-0.39, 0.29) is 5.82 Å². The highest BCUT2D eigenvalue weighted by Gasteiger charge is 2.31. The van der Waals surface area contributed by atoms with Crippen molar-refractivity contribution in [3.8, 4) is 0 Å². The normalized spacial score (nSPS) is 21.4. The molecule has 1 unspecified atom stereocenters. The van der Waals surface area contributed by atoms with Crippen molar-refractivity contribution in [1.29, 1.82) is 0 Å². The average molecular weight is 266 g/mol. The molecule has 0 aromatic carbocycles. The fraction of sp³-hybridized carbons (Fsp3) is 0.714. The van der Waals surface area contributed by atoms with Crippen LogP contribution in [0, 0.1) is 11.2 Å². The van der Waals surface area contributed by atoms with Crippen molar-refractivity contribution in [3.63, 3.8) is 0 Å².